The second-order valence-corrected chi connectivity index (χ2v) is 16.1. The van der Waals surface area contributed by atoms with Crippen LogP contribution in [0.2, 0.25) is 0 Å². The van der Waals surface area contributed by atoms with Gasteiger partial charge >= 0.3 is 0 Å². The monoisotopic (exact) mass is 525 g/mol. The zero-order valence-corrected chi connectivity index (χ0v) is 25.6. The van der Waals surface area contributed by atoms with E-state index >= 15 is 0 Å². The van der Waals surface area contributed by atoms with Gasteiger partial charge in [-0.15, -0.1) is 0 Å². The molecule has 0 aromatic heterocycles. The van der Waals surface area contributed by atoms with E-state index < -0.39 is 0 Å². The van der Waals surface area contributed by atoms with E-state index in [-0.39, 0.29) is 26.9 Å². The molecule has 1 aromatic carbocycles. The summed E-state index contributed by atoms with van der Waals surface area (Å²) in [6.45, 7) is 22.3. The van der Waals surface area contributed by atoms with Crippen LogP contribution >= 0.6 is 0 Å². The maximum absolute atomic E-state index is 11.7. The van der Waals surface area contributed by atoms with Crippen LogP contribution in [0.5, 0.6) is 0 Å². The summed E-state index contributed by atoms with van der Waals surface area (Å²) >= 11 is 0. The Morgan fingerprint density at radius 1 is 0.718 bits per heavy atom. The molecule has 0 amide bonds. The summed E-state index contributed by atoms with van der Waals surface area (Å²) in [6, 6.07) is 7.88. The molecule has 39 heavy (non-hydrogen) atoms. The molecule has 9 aliphatic carbocycles. The fourth-order valence-electron chi connectivity index (χ4n) is 11.6. The van der Waals surface area contributed by atoms with Crippen LogP contribution in [0.3, 0.4) is 0 Å². The third kappa shape index (κ3) is 2.72. The topological polar surface area (TPSA) is 43.1 Å². The van der Waals surface area contributed by atoms with Crippen molar-refractivity contribution in [2.24, 2.45) is 45.3 Å². The predicted molar refractivity (Wildman–Crippen MR) is 158 cm³/mol. The Labute approximate surface area is 235 Å². The highest BCUT2D eigenvalue weighted by molar-refractivity contribution is 5.58. The first-order valence-corrected chi connectivity index (χ1v) is 15.5. The molecule has 6 atom stereocenters. The number of non-ortho nitro benzene ring substituents is 1. The fraction of sp³-hybridized carbons (Fsp3) is 0.667. The maximum atomic E-state index is 11.7. The average molecular weight is 526 g/mol. The second kappa shape index (κ2) is 7.37. The molecule has 0 heterocycles. The van der Waals surface area contributed by atoms with Gasteiger partial charge in [-0.1, -0.05) is 87.1 Å². The Bertz CT molecular complexity index is 1420. The molecule has 9 aliphatic rings. The highest BCUT2D eigenvalue weighted by Crippen LogP contribution is 2.79. The van der Waals surface area contributed by atoms with Crippen LogP contribution in [0, 0.1) is 55.4 Å². The molecule has 208 valence electrons. The number of nitrogens with zero attached hydrogens (tertiary/aromatic N) is 1. The number of hydrogen-bond acceptors (Lipinski definition) is 2. The molecule has 1 aromatic rings. The van der Waals surface area contributed by atoms with Gasteiger partial charge in [-0.05, 0) is 105 Å². The van der Waals surface area contributed by atoms with Gasteiger partial charge in [0.25, 0.3) is 5.69 Å². The Balaban J connectivity index is 1.55. The molecule has 6 unspecified atom stereocenters. The van der Waals surface area contributed by atoms with Gasteiger partial charge in [-0.2, -0.15) is 0 Å². The summed E-state index contributed by atoms with van der Waals surface area (Å²) < 4.78 is 0. The summed E-state index contributed by atoms with van der Waals surface area (Å²) in [6.07, 6.45) is 7.47. The average Bonchev–Trinajstić information content (AvgIpc) is 2.88. The lowest BCUT2D eigenvalue weighted by atomic mass is 9.31. The van der Waals surface area contributed by atoms with Crippen LogP contribution in [-0.2, 0) is 5.41 Å². The summed E-state index contributed by atoms with van der Waals surface area (Å²) in [4.78, 5) is 11.4. The Hall–Kier alpha value is -2.16. The van der Waals surface area contributed by atoms with Gasteiger partial charge in [0.1, 0.15) is 0 Å². The van der Waals surface area contributed by atoms with Gasteiger partial charge in [0.15, 0.2) is 0 Å². The van der Waals surface area contributed by atoms with E-state index in [4.69, 9.17) is 0 Å². The van der Waals surface area contributed by atoms with Crippen molar-refractivity contribution < 1.29 is 4.92 Å². The van der Waals surface area contributed by atoms with Gasteiger partial charge in [-0.3, -0.25) is 10.1 Å². The number of hydrogen-bond donors (Lipinski definition) is 0. The van der Waals surface area contributed by atoms with Crippen LogP contribution < -0.4 is 0 Å². The lowest BCUT2D eigenvalue weighted by molar-refractivity contribution is -0.384. The largest absolute Gasteiger partial charge is 0.269 e. The first kappa shape index (κ1) is 25.8. The molecule has 0 spiro atoms. The summed E-state index contributed by atoms with van der Waals surface area (Å²) in [7, 11) is 0. The smallest absolute Gasteiger partial charge is 0.258 e. The lowest BCUT2D eigenvalue weighted by Gasteiger charge is -2.73. The minimum Gasteiger partial charge on any atom is -0.258 e. The van der Waals surface area contributed by atoms with Crippen LogP contribution in [-0.4, -0.2) is 4.92 Å². The van der Waals surface area contributed by atoms with Crippen LogP contribution in [0.1, 0.15) is 106 Å². The van der Waals surface area contributed by atoms with Crippen molar-refractivity contribution in [1.29, 1.82) is 0 Å². The normalized spacial score (nSPS) is 40.5. The van der Waals surface area contributed by atoms with Gasteiger partial charge in [0, 0.05) is 23.0 Å². The molecular formula is C36H47NO2. The van der Waals surface area contributed by atoms with E-state index in [1.54, 1.807) is 45.6 Å². The minimum atomic E-state index is -0.240. The summed E-state index contributed by atoms with van der Waals surface area (Å²) in [5, 5.41) is 11.7. The van der Waals surface area contributed by atoms with Gasteiger partial charge < -0.3 is 0 Å². The third-order valence-corrected chi connectivity index (χ3v) is 14.5. The number of benzene rings is 1. The first-order chi connectivity index (χ1) is 18.1. The van der Waals surface area contributed by atoms with Crippen molar-refractivity contribution in [3.05, 3.63) is 73.4 Å². The van der Waals surface area contributed by atoms with E-state index in [9.17, 15) is 10.1 Å². The number of fused-ring (bicyclic) bond motifs is 8. The van der Waals surface area contributed by atoms with Gasteiger partial charge in [0.2, 0.25) is 0 Å². The van der Waals surface area contributed by atoms with E-state index in [0.29, 0.717) is 28.6 Å². The SMILES string of the molecule is CC1=C2CC(CC1C1(C3(c4ccc([N+](=O)[O-])cc4)CC4CC(=C3C)C4(C)C)CC3CC(=C1C)C3(C)C)C2(C)C. The van der Waals surface area contributed by atoms with Gasteiger partial charge in [-0.25, -0.2) is 0 Å². The predicted octanol–water partition coefficient (Wildman–Crippen LogP) is 9.73. The summed E-state index contributed by atoms with van der Waals surface area (Å²) in [5.74, 6) is 2.67. The molecule has 3 saturated carbocycles. The van der Waals surface area contributed by atoms with E-state index in [1.165, 1.54) is 37.7 Å². The molecule has 10 rings (SSSR count). The molecule has 0 saturated heterocycles. The number of nitro groups is 1. The molecule has 3 heteroatoms. The van der Waals surface area contributed by atoms with E-state index in [1.807, 2.05) is 0 Å². The van der Waals surface area contributed by atoms with Crippen LogP contribution in [0.4, 0.5) is 5.69 Å². The molecular weight excluding hydrogens is 478 g/mol. The highest BCUT2D eigenvalue weighted by atomic mass is 16.6. The molecule has 0 aliphatic heterocycles. The summed E-state index contributed by atoms with van der Waals surface area (Å²) in [5.41, 5.74) is 12.4. The Morgan fingerprint density at radius 3 is 1.69 bits per heavy atom. The van der Waals surface area contributed by atoms with Crippen molar-refractivity contribution in [3.63, 3.8) is 0 Å². The van der Waals surface area contributed by atoms with Crippen LogP contribution in [0.15, 0.2) is 57.7 Å². The van der Waals surface area contributed by atoms with Crippen LogP contribution in [0.25, 0.3) is 0 Å². The number of nitro benzene ring substituents is 1. The first-order valence-electron chi connectivity index (χ1n) is 15.5. The van der Waals surface area contributed by atoms with E-state index in [2.05, 4.69) is 74.4 Å². The standard InChI is InChI=1S/C36H47NO2/c1-20-28-14-24(32(28,4)5)15-29(20)36(19-26-17-31(22(36)3)34(26,8)9)35(23-10-12-27(13-11-23)37(38)39)18-25-16-30(21(35)2)33(25,6)7/h10-13,24-26,29H,14-19H2,1-9H3. The third-order valence-electron chi connectivity index (χ3n) is 14.5. The van der Waals surface area contributed by atoms with Gasteiger partial charge in [0.05, 0.1) is 4.92 Å². The lowest BCUT2D eigenvalue weighted by Crippen LogP contribution is -2.65. The highest BCUT2D eigenvalue weighted by Gasteiger charge is 2.71. The number of allylic oxidation sites excluding steroid dienone is 6. The quantitative estimate of drug-likeness (QED) is 0.223. The zero-order chi connectivity index (χ0) is 28.1. The van der Waals surface area contributed by atoms with Crippen molar-refractivity contribution in [2.75, 3.05) is 0 Å². The van der Waals surface area contributed by atoms with Crippen molar-refractivity contribution in [1.82, 2.24) is 0 Å². The Kier molecular flexibility index (Phi) is 4.87. The molecule has 3 nitrogen and oxygen atoms in total. The molecule has 0 radical (unpaired) electrons. The maximum Gasteiger partial charge on any atom is 0.269 e. The Morgan fingerprint density at radius 2 is 1.23 bits per heavy atom. The zero-order valence-electron chi connectivity index (χ0n) is 25.6. The van der Waals surface area contributed by atoms with Crippen molar-refractivity contribution >= 4 is 5.69 Å². The molecule has 6 bridgehead atoms. The molecule has 3 fully saturated rings. The minimum absolute atomic E-state index is 0.0336. The number of rotatable bonds is 4. The van der Waals surface area contributed by atoms with E-state index in [0.717, 1.165) is 12.3 Å². The molecule has 0 N–H and O–H groups in total. The van der Waals surface area contributed by atoms with Crippen molar-refractivity contribution in [3.8, 4) is 0 Å². The second-order valence-electron chi connectivity index (χ2n) is 16.1. The van der Waals surface area contributed by atoms with Crippen molar-refractivity contribution in [2.45, 2.75) is 106 Å². The fourth-order valence-corrected chi connectivity index (χ4v) is 11.6.